The Morgan fingerprint density at radius 3 is 1.93 bits per heavy atom. The maximum absolute atomic E-state index is 13.6. The molecule has 3 aromatic carbocycles. The van der Waals surface area contributed by atoms with E-state index in [0.29, 0.717) is 12.7 Å². The second kappa shape index (κ2) is 16.1. The van der Waals surface area contributed by atoms with Gasteiger partial charge in [0.2, 0.25) is 0 Å². The third-order valence-electron chi connectivity index (χ3n) is 5.47. The molecule has 11 heteroatoms. The highest BCUT2D eigenvalue weighted by Gasteiger charge is 2.38. The summed E-state index contributed by atoms with van der Waals surface area (Å²) in [5.74, 6) is -1.78. The number of alkyl halides is 6. The van der Waals surface area contributed by atoms with E-state index in [9.17, 15) is 35.1 Å². The highest BCUT2D eigenvalue weighted by molar-refractivity contribution is 5.43. The second-order valence-corrected chi connectivity index (χ2v) is 8.13. The number of nitrogens with zero attached hydrogens (tertiary/aromatic N) is 1. The SMILES string of the molecule is C=C.CF.NC(Cc1ccccc1)(c1cccc(C(F)(F)F)c1)c1ncccc1C(F)F.Nc1ccc(F)c(F)c1. The third kappa shape index (κ3) is 9.71. The molecule has 4 aromatic rings. The summed E-state index contributed by atoms with van der Waals surface area (Å²) in [6.45, 7) is 6.00. The van der Waals surface area contributed by atoms with Crippen LogP contribution in [-0.2, 0) is 18.1 Å². The molecule has 1 atom stereocenters. The van der Waals surface area contributed by atoms with Gasteiger partial charge in [-0.05, 0) is 53.6 Å². The van der Waals surface area contributed by atoms with Crippen molar-refractivity contribution in [2.45, 2.75) is 24.6 Å². The van der Waals surface area contributed by atoms with Crippen LogP contribution in [0, 0.1) is 11.6 Å². The molecule has 0 radical (unpaired) electrons. The number of anilines is 1. The molecule has 0 aliphatic rings. The average molecular weight is 584 g/mol. The largest absolute Gasteiger partial charge is 0.416 e. The lowest BCUT2D eigenvalue weighted by Gasteiger charge is -2.32. The predicted molar refractivity (Wildman–Crippen MR) is 145 cm³/mol. The Morgan fingerprint density at radius 1 is 0.780 bits per heavy atom. The first kappa shape index (κ1) is 34.8. The molecule has 0 bridgehead atoms. The summed E-state index contributed by atoms with van der Waals surface area (Å²) in [6, 6.07) is 18.9. The summed E-state index contributed by atoms with van der Waals surface area (Å²) in [4.78, 5) is 4.05. The molecule has 220 valence electrons. The first-order valence-electron chi connectivity index (χ1n) is 11.7. The van der Waals surface area contributed by atoms with E-state index >= 15 is 0 Å². The smallest absolute Gasteiger partial charge is 0.399 e. The van der Waals surface area contributed by atoms with Gasteiger partial charge in [0.25, 0.3) is 6.43 Å². The number of hydrogen-bond donors (Lipinski definition) is 2. The van der Waals surface area contributed by atoms with Crippen molar-refractivity contribution in [1.29, 1.82) is 0 Å². The monoisotopic (exact) mass is 583 g/mol. The number of aromatic nitrogens is 1. The van der Waals surface area contributed by atoms with Crippen molar-refractivity contribution >= 4 is 5.69 Å². The van der Waals surface area contributed by atoms with Crippen molar-refractivity contribution in [2.75, 3.05) is 12.9 Å². The molecule has 41 heavy (non-hydrogen) atoms. The molecule has 0 saturated carbocycles. The minimum absolute atomic E-state index is 0.00584. The maximum atomic E-state index is 13.6. The van der Waals surface area contributed by atoms with Crippen LogP contribution in [0.15, 0.2) is 104 Å². The Labute approximate surface area is 233 Å². The van der Waals surface area contributed by atoms with Gasteiger partial charge in [0, 0.05) is 23.9 Å². The fourth-order valence-corrected chi connectivity index (χ4v) is 3.69. The Hall–Kier alpha value is -4.25. The number of pyridine rings is 1. The van der Waals surface area contributed by atoms with Crippen molar-refractivity contribution in [3.8, 4) is 0 Å². The molecule has 3 nitrogen and oxygen atoms in total. The molecule has 1 unspecified atom stereocenters. The molecule has 1 aromatic heterocycles. The lowest BCUT2D eigenvalue weighted by molar-refractivity contribution is -0.137. The van der Waals surface area contributed by atoms with Gasteiger partial charge in [-0.15, -0.1) is 13.2 Å². The summed E-state index contributed by atoms with van der Waals surface area (Å²) in [7, 11) is 0.500. The first-order valence-corrected chi connectivity index (χ1v) is 11.7. The van der Waals surface area contributed by atoms with Gasteiger partial charge in [-0.1, -0.05) is 42.5 Å². The van der Waals surface area contributed by atoms with Crippen LogP contribution < -0.4 is 11.5 Å². The van der Waals surface area contributed by atoms with E-state index < -0.39 is 40.9 Å². The topological polar surface area (TPSA) is 64.9 Å². The number of benzene rings is 3. The summed E-state index contributed by atoms with van der Waals surface area (Å²) in [5.41, 5.74) is 9.54. The van der Waals surface area contributed by atoms with Gasteiger partial charge in [0.15, 0.2) is 11.6 Å². The van der Waals surface area contributed by atoms with Crippen LogP contribution in [0.5, 0.6) is 0 Å². The number of nitrogens with two attached hydrogens (primary N) is 2. The quantitative estimate of drug-likeness (QED) is 0.141. The van der Waals surface area contributed by atoms with Crippen molar-refractivity contribution in [3.63, 3.8) is 0 Å². The van der Waals surface area contributed by atoms with E-state index in [1.165, 1.54) is 36.5 Å². The highest BCUT2D eigenvalue weighted by Crippen LogP contribution is 2.38. The zero-order chi connectivity index (χ0) is 31.2. The summed E-state index contributed by atoms with van der Waals surface area (Å²) in [6.07, 6.45) is -6.14. The highest BCUT2D eigenvalue weighted by atomic mass is 19.4. The van der Waals surface area contributed by atoms with E-state index in [4.69, 9.17) is 11.5 Å². The molecule has 0 amide bonds. The van der Waals surface area contributed by atoms with Crippen LogP contribution in [0.4, 0.5) is 40.8 Å². The summed E-state index contributed by atoms with van der Waals surface area (Å²) in [5, 5.41) is 0. The molecule has 1 heterocycles. The molecule has 4 rings (SSSR count). The van der Waals surface area contributed by atoms with Crippen molar-refractivity contribution in [2.24, 2.45) is 5.73 Å². The molecule has 0 aliphatic heterocycles. The predicted octanol–water partition coefficient (Wildman–Crippen LogP) is 8.42. The molecular weight excluding hydrogens is 554 g/mol. The molecule has 0 spiro atoms. The summed E-state index contributed by atoms with van der Waals surface area (Å²) >= 11 is 0. The Balaban J connectivity index is 0.000000541. The van der Waals surface area contributed by atoms with E-state index in [1.807, 2.05) is 0 Å². The molecular formula is C30H29F8N3. The van der Waals surface area contributed by atoms with Crippen LogP contribution in [0.25, 0.3) is 0 Å². The fraction of sp³-hybridized carbons (Fsp3) is 0.167. The summed E-state index contributed by atoms with van der Waals surface area (Å²) < 4.78 is 101. The zero-order valence-corrected chi connectivity index (χ0v) is 22.0. The van der Waals surface area contributed by atoms with Gasteiger partial charge in [-0.25, -0.2) is 17.6 Å². The van der Waals surface area contributed by atoms with Gasteiger partial charge < -0.3 is 11.5 Å². The zero-order valence-electron chi connectivity index (χ0n) is 22.0. The number of rotatable bonds is 5. The van der Waals surface area contributed by atoms with E-state index in [2.05, 4.69) is 18.1 Å². The van der Waals surface area contributed by atoms with Gasteiger partial charge in [-0.2, -0.15) is 13.2 Å². The second-order valence-electron chi connectivity index (χ2n) is 8.13. The van der Waals surface area contributed by atoms with Crippen LogP contribution in [0.1, 0.15) is 34.4 Å². The molecule has 0 fully saturated rings. The van der Waals surface area contributed by atoms with E-state index in [-0.39, 0.29) is 23.4 Å². The minimum Gasteiger partial charge on any atom is -0.399 e. The Kier molecular flexibility index (Phi) is 13.7. The fourth-order valence-electron chi connectivity index (χ4n) is 3.69. The van der Waals surface area contributed by atoms with Gasteiger partial charge in [-0.3, -0.25) is 9.37 Å². The Morgan fingerprint density at radius 2 is 1.39 bits per heavy atom. The van der Waals surface area contributed by atoms with Crippen LogP contribution in [0.2, 0.25) is 0 Å². The number of halogens is 8. The van der Waals surface area contributed by atoms with E-state index in [0.717, 1.165) is 24.3 Å². The standard InChI is InChI=1S/C21H17F5N2.C6H5F2N.C2H4.CH3F/c22-19(23)17-10-5-11-28-18(17)20(27,13-14-6-2-1-3-7-14)15-8-4-9-16(12-15)21(24,25)26;7-5-2-1-4(9)3-6(5)8;2*1-2/h1-12,19H,13,27H2;1-3H,9H2;1-2H2;1H3. The van der Waals surface area contributed by atoms with Gasteiger partial charge in [0.05, 0.1) is 24.0 Å². The molecule has 4 N–H and O–H groups in total. The van der Waals surface area contributed by atoms with Crippen molar-refractivity contribution in [3.05, 3.63) is 144 Å². The van der Waals surface area contributed by atoms with E-state index in [1.54, 1.807) is 30.3 Å². The molecule has 0 aliphatic carbocycles. The minimum atomic E-state index is -4.58. The van der Waals surface area contributed by atoms with Crippen molar-refractivity contribution < 1.29 is 35.1 Å². The Bertz CT molecular complexity index is 1350. The normalized spacial score (nSPS) is 12.0. The van der Waals surface area contributed by atoms with Crippen LogP contribution in [-0.4, -0.2) is 12.2 Å². The van der Waals surface area contributed by atoms with Crippen molar-refractivity contribution in [1.82, 2.24) is 4.98 Å². The number of hydrogen-bond acceptors (Lipinski definition) is 3. The first-order chi connectivity index (χ1) is 19.4. The lowest BCUT2D eigenvalue weighted by atomic mass is 9.79. The molecule has 0 saturated heterocycles. The van der Waals surface area contributed by atoms with Gasteiger partial charge >= 0.3 is 6.18 Å². The lowest BCUT2D eigenvalue weighted by Crippen LogP contribution is -2.42. The van der Waals surface area contributed by atoms with Crippen LogP contribution in [0.3, 0.4) is 0 Å². The number of nitrogen functional groups attached to an aromatic ring is 1. The third-order valence-corrected chi connectivity index (χ3v) is 5.47. The maximum Gasteiger partial charge on any atom is 0.416 e. The van der Waals surface area contributed by atoms with Gasteiger partial charge in [0.1, 0.15) is 0 Å². The van der Waals surface area contributed by atoms with Crippen LogP contribution >= 0.6 is 0 Å². The average Bonchev–Trinajstić information content (AvgIpc) is 2.98.